The summed E-state index contributed by atoms with van der Waals surface area (Å²) >= 11 is 0. The Bertz CT molecular complexity index is 933. The number of ether oxygens (including phenoxy) is 1. The number of rotatable bonds is 7. The van der Waals surface area contributed by atoms with Gasteiger partial charge in [0.05, 0.1) is 6.04 Å². The lowest BCUT2D eigenvalue weighted by molar-refractivity contribution is -0.125. The van der Waals surface area contributed by atoms with Crippen LogP contribution in [-0.2, 0) is 16.0 Å². The smallest absolute Gasteiger partial charge is 0.361 e. The molecule has 7 nitrogen and oxygen atoms in total. The van der Waals surface area contributed by atoms with Crippen LogP contribution in [-0.4, -0.2) is 28.5 Å². The fourth-order valence-corrected chi connectivity index (χ4v) is 2.73. The minimum absolute atomic E-state index is 0.0425. The van der Waals surface area contributed by atoms with Gasteiger partial charge in [0.25, 0.3) is 5.91 Å². The number of esters is 1. The average molecular weight is 376 g/mol. The van der Waals surface area contributed by atoms with Crippen molar-refractivity contribution in [2.75, 3.05) is 12.3 Å². The Morgan fingerprint density at radius 3 is 2.29 bits per heavy atom. The molecule has 0 aliphatic heterocycles. The van der Waals surface area contributed by atoms with E-state index in [0.717, 1.165) is 11.1 Å². The molecule has 1 atom stereocenters. The molecule has 0 aliphatic rings. The molecular formula is C21H20N4O3. The maximum absolute atomic E-state index is 12.4. The standard InChI is InChI=1S/C21H20N4O3/c22-20-19(23-11-12-24-20)21(27)28-14-18(26)25-17(16-9-5-2-6-10-16)13-15-7-3-1-4-8-15/h1-12,17H,13-14H2,(H2,22,24)(H,25,26). The van der Waals surface area contributed by atoms with Crippen LogP contribution in [0.4, 0.5) is 5.82 Å². The predicted octanol–water partition coefficient (Wildman–Crippen LogP) is 2.32. The summed E-state index contributed by atoms with van der Waals surface area (Å²) in [6.45, 7) is -0.438. The summed E-state index contributed by atoms with van der Waals surface area (Å²) in [6.07, 6.45) is 3.31. The van der Waals surface area contributed by atoms with Crippen LogP contribution in [0.15, 0.2) is 73.1 Å². The van der Waals surface area contributed by atoms with E-state index < -0.39 is 18.5 Å². The Kier molecular flexibility index (Phi) is 6.30. The van der Waals surface area contributed by atoms with Crippen molar-refractivity contribution < 1.29 is 14.3 Å². The summed E-state index contributed by atoms with van der Waals surface area (Å²) in [5.74, 6) is -1.25. The third kappa shape index (κ3) is 5.14. The zero-order valence-electron chi connectivity index (χ0n) is 15.1. The van der Waals surface area contributed by atoms with Gasteiger partial charge in [0.2, 0.25) is 0 Å². The lowest BCUT2D eigenvalue weighted by Gasteiger charge is -2.19. The van der Waals surface area contributed by atoms with Crippen LogP contribution >= 0.6 is 0 Å². The van der Waals surface area contributed by atoms with Gasteiger partial charge in [0.15, 0.2) is 18.1 Å². The van der Waals surface area contributed by atoms with E-state index in [-0.39, 0.29) is 17.6 Å². The van der Waals surface area contributed by atoms with E-state index in [1.165, 1.54) is 12.4 Å². The maximum Gasteiger partial charge on any atom is 0.361 e. The van der Waals surface area contributed by atoms with Crippen molar-refractivity contribution in [1.29, 1.82) is 0 Å². The number of nitrogen functional groups attached to an aromatic ring is 1. The second-order valence-electron chi connectivity index (χ2n) is 6.09. The zero-order chi connectivity index (χ0) is 19.8. The molecule has 0 bridgehead atoms. The number of hydrogen-bond acceptors (Lipinski definition) is 6. The van der Waals surface area contributed by atoms with Crippen molar-refractivity contribution >= 4 is 17.7 Å². The molecular weight excluding hydrogens is 356 g/mol. The van der Waals surface area contributed by atoms with Gasteiger partial charge in [-0.2, -0.15) is 0 Å². The third-order valence-electron chi connectivity index (χ3n) is 4.07. The Labute approximate surface area is 162 Å². The number of aromatic nitrogens is 2. The van der Waals surface area contributed by atoms with Crippen LogP contribution in [0.1, 0.15) is 27.7 Å². The molecule has 0 fully saturated rings. The van der Waals surface area contributed by atoms with Gasteiger partial charge in [-0.15, -0.1) is 0 Å². The van der Waals surface area contributed by atoms with Crippen molar-refractivity contribution in [3.05, 3.63) is 89.9 Å². The van der Waals surface area contributed by atoms with Gasteiger partial charge in [0, 0.05) is 12.4 Å². The number of nitrogens with one attached hydrogen (secondary N) is 1. The number of nitrogens with two attached hydrogens (primary N) is 1. The molecule has 1 unspecified atom stereocenters. The Hall–Kier alpha value is -3.74. The van der Waals surface area contributed by atoms with Gasteiger partial charge in [-0.25, -0.2) is 14.8 Å². The van der Waals surface area contributed by atoms with E-state index in [0.29, 0.717) is 6.42 Å². The molecule has 3 rings (SSSR count). The molecule has 28 heavy (non-hydrogen) atoms. The van der Waals surface area contributed by atoms with E-state index in [2.05, 4.69) is 15.3 Å². The highest BCUT2D eigenvalue weighted by Crippen LogP contribution is 2.18. The molecule has 0 radical (unpaired) electrons. The molecule has 1 amide bonds. The lowest BCUT2D eigenvalue weighted by atomic mass is 9.99. The molecule has 0 saturated heterocycles. The number of carbonyl (C=O) groups excluding carboxylic acids is 2. The number of amides is 1. The summed E-state index contributed by atoms with van der Waals surface area (Å²) in [4.78, 5) is 32.0. The van der Waals surface area contributed by atoms with Crippen LogP contribution in [0.5, 0.6) is 0 Å². The fourth-order valence-electron chi connectivity index (χ4n) is 2.73. The maximum atomic E-state index is 12.4. The number of anilines is 1. The summed E-state index contributed by atoms with van der Waals surface area (Å²) in [5.41, 5.74) is 7.53. The minimum atomic E-state index is -0.792. The van der Waals surface area contributed by atoms with E-state index in [1.54, 1.807) is 0 Å². The van der Waals surface area contributed by atoms with Crippen molar-refractivity contribution in [2.24, 2.45) is 0 Å². The molecule has 1 heterocycles. The normalized spacial score (nSPS) is 11.4. The third-order valence-corrected chi connectivity index (χ3v) is 4.07. The highest BCUT2D eigenvalue weighted by atomic mass is 16.5. The Morgan fingerprint density at radius 2 is 1.61 bits per heavy atom. The molecule has 2 aromatic carbocycles. The topological polar surface area (TPSA) is 107 Å². The van der Waals surface area contributed by atoms with Gasteiger partial charge in [0.1, 0.15) is 0 Å². The van der Waals surface area contributed by atoms with Gasteiger partial charge < -0.3 is 15.8 Å². The fraction of sp³-hybridized carbons (Fsp3) is 0.143. The van der Waals surface area contributed by atoms with Gasteiger partial charge in [-0.1, -0.05) is 60.7 Å². The number of benzene rings is 2. The van der Waals surface area contributed by atoms with Crippen LogP contribution in [0.25, 0.3) is 0 Å². The van der Waals surface area contributed by atoms with Crippen LogP contribution in [0, 0.1) is 0 Å². The average Bonchev–Trinajstić information content (AvgIpc) is 2.73. The summed E-state index contributed by atoms with van der Waals surface area (Å²) in [7, 11) is 0. The van der Waals surface area contributed by atoms with E-state index in [9.17, 15) is 9.59 Å². The molecule has 7 heteroatoms. The van der Waals surface area contributed by atoms with Crippen LogP contribution in [0.3, 0.4) is 0 Å². The molecule has 0 saturated carbocycles. The lowest BCUT2D eigenvalue weighted by Crippen LogP contribution is -2.33. The molecule has 0 aliphatic carbocycles. The first kappa shape index (κ1) is 19.0. The molecule has 3 aromatic rings. The van der Waals surface area contributed by atoms with E-state index >= 15 is 0 Å². The highest BCUT2D eigenvalue weighted by Gasteiger charge is 2.18. The second kappa shape index (κ2) is 9.27. The highest BCUT2D eigenvalue weighted by molar-refractivity contribution is 5.93. The quantitative estimate of drug-likeness (QED) is 0.613. The second-order valence-corrected chi connectivity index (χ2v) is 6.09. The Balaban J connectivity index is 1.64. The van der Waals surface area contributed by atoms with Crippen molar-refractivity contribution in [1.82, 2.24) is 15.3 Å². The van der Waals surface area contributed by atoms with E-state index in [1.807, 2.05) is 60.7 Å². The molecule has 142 valence electrons. The largest absolute Gasteiger partial charge is 0.451 e. The first-order valence-electron chi connectivity index (χ1n) is 8.75. The molecule has 0 spiro atoms. The number of carbonyl (C=O) groups is 2. The van der Waals surface area contributed by atoms with Crippen LogP contribution in [0.2, 0.25) is 0 Å². The van der Waals surface area contributed by atoms with Gasteiger partial charge >= 0.3 is 5.97 Å². The van der Waals surface area contributed by atoms with Crippen molar-refractivity contribution in [3.8, 4) is 0 Å². The molecule has 3 N–H and O–H groups in total. The van der Waals surface area contributed by atoms with Crippen LogP contribution < -0.4 is 11.1 Å². The van der Waals surface area contributed by atoms with E-state index in [4.69, 9.17) is 10.5 Å². The number of hydrogen-bond donors (Lipinski definition) is 2. The number of nitrogens with zero attached hydrogens (tertiary/aromatic N) is 2. The SMILES string of the molecule is Nc1nccnc1C(=O)OCC(=O)NC(Cc1ccccc1)c1ccccc1. The van der Waals surface area contributed by atoms with Gasteiger partial charge in [-0.05, 0) is 17.5 Å². The molecule has 1 aromatic heterocycles. The van der Waals surface area contributed by atoms with Crippen molar-refractivity contribution in [3.63, 3.8) is 0 Å². The predicted molar refractivity (Wildman–Crippen MR) is 104 cm³/mol. The summed E-state index contributed by atoms with van der Waals surface area (Å²) in [6, 6.07) is 19.2. The van der Waals surface area contributed by atoms with Crippen molar-refractivity contribution in [2.45, 2.75) is 12.5 Å². The Morgan fingerprint density at radius 1 is 0.964 bits per heavy atom. The summed E-state index contributed by atoms with van der Waals surface area (Å²) in [5, 5.41) is 2.92. The minimum Gasteiger partial charge on any atom is -0.451 e. The first-order valence-corrected chi connectivity index (χ1v) is 8.75. The first-order chi connectivity index (χ1) is 13.6. The van der Waals surface area contributed by atoms with Gasteiger partial charge in [-0.3, -0.25) is 4.79 Å². The monoisotopic (exact) mass is 376 g/mol. The zero-order valence-corrected chi connectivity index (χ0v) is 15.1. The summed E-state index contributed by atoms with van der Waals surface area (Å²) < 4.78 is 5.02.